The Morgan fingerprint density at radius 2 is 1.19 bits per heavy atom. The number of benzene rings is 1. The molecule has 8 nitrogen and oxygen atoms in total. The highest BCUT2D eigenvalue weighted by Gasteiger charge is 2.08. The van der Waals surface area contributed by atoms with Crippen LogP contribution in [0.4, 0.5) is 0 Å². The number of hydrogen-bond acceptors (Lipinski definition) is 4. The van der Waals surface area contributed by atoms with Crippen LogP contribution in [0.25, 0.3) is 0 Å². The molecule has 8 heteroatoms. The Kier molecular flexibility index (Phi) is 5.69. The van der Waals surface area contributed by atoms with Gasteiger partial charge in [-0.05, 0) is 11.1 Å². The number of aryl methyl sites for hydroxylation is 2. The van der Waals surface area contributed by atoms with E-state index in [1.165, 1.54) is 11.1 Å². The summed E-state index contributed by atoms with van der Waals surface area (Å²) in [5.41, 5.74) is 2.38. The molecule has 0 aliphatic heterocycles. The quantitative estimate of drug-likeness (QED) is 0.557. The zero-order valence-corrected chi connectivity index (χ0v) is 14.4. The van der Waals surface area contributed by atoms with Gasteiger partial charge in [0.1, 0.15) is 13.1 Å². The molecule has 0 fully saturated rings. The van der Waals surface area contributed by atoms with E-state index in [2.05, 4.69) is 46.6 Å². The van der Waals surface area contributed by atoms with Crippen LogP contribution in [0.1, 0.15) is 24.0 Å². The minimum atomic E-state index is 0.459. The fraction of sp³-hybridized carbons (Fsp3) is 0.333. The first-order chi connectivity index (χ1) is 12.8. The van der Waals surface area contributed by atoms with Crippen molar-refractivity contribution in [1.82, 2.24) is 19.6 Å². The van der Waals surface area contributed by atoms with Crippen LogP contribution in [0.2, 0.25) is 0 Å². The number of nitrogens with zero attached hydrogens (tertiary/aromatic N) is 8. The summed E-state index contributed by atoms with van der Waals surface area (Å²) in [5, 5.41) is 25.7. The van der Waals surface area contributed by atoms with Crippen LogP contribution in [0.15, 0.2) is 49.6 Å². The van der Waals surface area contributed by atoms with E-state index in [0.29, 0.717) is 25.9 Å². The van der Waals surface area contributed by atoms with Gasteiger partial charge in [0.25, 0.3) is 12.7 Å². The molecule has 3 rings (SSSR count). The number of nitriles is 2. The van der Waals surface area contributed by atoms with E-state index in [0.717, 1.165) is 13.1 Å². The van der Waals surface area contributed by atoms with E-state index in [4.69, 9.17) is 10.5 Å². The first-order valence-corrected chi connectivity index (χ1v) is 8.41. The Morgan fingerprint density at radius 1 is 0.769 bits per heavy atom. The van der Waals surface area contributed by atoms with Gasteiger partial charge in [-0.2, -0.15) is 10.5 Å². The highest BCUT2D eigenvalue weighted by Crippen LogP contribution is 2.04. The maximum Gasteiger partial charge on any atom is 0.265 e. The van der Waals surface area contributed by atoms with Crippen molar-refractivity contribution in [3.63, 3.8) is 0 Å². The molecule has 2 heterocycles. The number of rotatable bonds is 8. The summed E-state index contributed by atoms with van der Waals surface area (Å²) in [6.07, 6.45) is 8.29. The molecule has 0 unspecified atom stereocenters. The molecule has 2 aromatic heterocycles. The molecular weight excluding hydrogens is 328 g/mol. The molecule has 0 N–H and O–H groups in total. The zero-order chi connectivity index (χ0) is 18.2. The second-order valence-corrected chi connectivity index (χ2v) is 6.00. The van der Waals surface area contributed by atoms with Gasteiger partial charge in [0, 0.05) is 10.2 Å². The van der Waals surface area contributed by atoms with Gasteiger partial charge in [-0.3, -0.25) is 0 Å². The first kappa shape index (κ1) is 17.3. The van der Waals surface area contributed by atoms with Gasteiger partial charge in [-0.15, -0.1) is 9.36 Å². The predicted octanol–water partition coefficient (Wildman–Crippen LogP) is 0.579. The Labute approximate surface area is 151 Å². The van der Waals surface area contributed by atoms with Gasteiger partial charge in [-0.25, -0.2) is 9.13 Å². The van der Waals surface area contributed by atoms with Crippen molar-refractivity contribution in [3.8, 4) is 12.1 Å². The molecule has 0 aliphatic carbocycles. The molecule has 26 heavy (non-hydrogen) atoms. The van der Waals surface area contributed by atoms with Crippen LogP contribution in [0.3, 0.4) is 0 Å². The third kappa shape index (κ3) is 4.74. The summed E-state index contributed by atoms with van der Waals surface area (Å²) in [5.74, 6) is 0. The summed E-state index contributed by atoms with van der Waals surface area (Å²) in [7, 11) is 0. The Morgan fingerprint density at radius 3 is 1.58 bits per heavy atom. The fourth-order valence-corrected chi connectivity index (χ4v) is 2.62. The average Bonchev–Trinajstić information content (AvgIpc) is 3.29. The minimum Gasteiger partial charge on any atom is -0.233 e. The van der Waals surface area contributed by atoms with Crippen molar-refractivity contribution >= 4 is 0 Å². The molecule has 130 valence electrons. The van der Waals surface area contributed by atoms with Crippen molar-refractivity contribution in [2.24, 2.45) is 0 Å². The molecular formula is C18H20N8+2. The Bertz CT molecular complexity index is 846. The Balaban J connectivity index is 1.56. The molecule has 0 saturated carbocycles. The SMILES string of the molecule is N#CCCn1c[n+](Cc2ccc(C[n+]3cnn(CCC#N)c3)cc2)cn1. The van der Waals surface area contributed by atoms with Gasteiger partial charge in [0.15, 0.2) is 0 Å². The Hall–Kier alpha value is -3.52. The number of aromatic nitrogens is 6. The molecule has 0 aliphatic rings. The van der Waals surface area contributed by atoms with Crippen LogP contribution in [-0.4, -0.2) is 19.6 Å². The predicted molar refractivity (Wildman–Crippen MR) is 90.0 cm³/mol. The van der Waals surface area contributed by atoms with Crippen molar-refractivity contribution in [2.45, 2.75) is 39.0 Å². The van der Waals surface area contributed by atoms with Gasteiger partial charge < -0.3 is 0 Å². The normalized spacial score (nSPS) is 10.4. The fourth-order valence-electron chi connectivity index (χ4n) is 2.62. The van der Waals surface area contributed by atoms with Crippen LogP contribution in [0.5, 0.6) is 0 Å². The summed E-state index contributed by atoms with van der Waals surface area (Å²) in [6.45, 7) is 2.71. The lowest BCUT2D eigenvalue weighted by Crippen LogP contribution is -2.32. The first-order valence-electron chi connectivity index (χ1n) is 8.41. The lowest BCUT2D eigenvalue weighted by Gasteiger charge is -2.01. The number of hydrogen-bond donors (Lipinski definition) is 0. The highest BCUT2D eigenvalue weighted by atomic mass is 15.4. The molecule has 0 bridgehead atoms. The van der Waals surface area contributed by atoms with Crippen LogP contribution in [0, 0.1) is 22.7 Å². The molecule has 0 amide bonds. The van der Waals surface area contributed by atoms with Crippen molar-refractivity contribution < 1.29 is 9.13 Å². The third-order valence-corrected chi connectivity index (χ3v) is 3.92. The van der Waals surface area contributed by atoms with Crippen LogP contribution >= 0.6 is 0 Å². The van der Waals surface area contributed by atoms with E-state index in [1.807, 2.05) is 21.8 Å². The van der Waals surface area contributed by atoms with Crippen LogP contribution < -0.4 is 9.13 Å². The molecule has 0 saturated heterocycles. The summed E-state index contributed by atoms with van der Waals surface area (Å²) in [4.78, 5) is 0. The molecule has 0 radical (unpaired) electrons. The topological polar surface area (TPSA) is 91.0 Å². The summed E-state index contributed by atoms with van der Waals surface area (Å²) in [6, 6.07) is 12.7. The molecule has 0 atom stereocenters. The minimum absolute atomic E-state index is 0.459. The smallest absolute Gasteiger partial charge is 0.233 e. The molecule has 3 aromatic rings. The van der Waals surface area contributed by atoms with Gasteiger partial charge >= 0.3 is 0 Å². The molecule has 1 aromatic carbocycles. The zero-order valence-electron chi connectivity index (χ0n) is 14.4. The van der Waals surface area contributed by atoms with Crippen molar-refractivity contribution in [2.75, 3.05) is 0 Å². The standard InChI is InChI=1S/C18H20N8/c19-7-1-9-25-15-23(13-21-25)11-17-3-5-18(6-4-17)12-24-14-22-26(16-24)10-2-8-20/h3-6,13-16H,1-2,9-12H2/q+2. The lowest BCUT2D eigenvalue weighted by atomic mass is 10.1. The maximum absolute atomic E-state index is 8.62. The summed E-state index contributed by atoms with van der Waals surface area (Å²) < 4.78 is 7.55. The summed E-state index contributed by atoms with van der Waals surface area (Å²) >= 11 is 0. The van der Waals surface area contributed by atoms with E-state index < -0.39 is 0 Å². The van der Waals surface area contributed by atoms with E-state index in [1.54, 1.807) is 22.0 Å². The van der Waals surface area contributed by atoms with Gasteiger partial charge in [-0.1, -0.05) is 24.3 Å². The second kappa shape index (κ2) is 8.54. The van der Waals surface area contributed by atoms with E-state index in [-0.39, 0.29) is 0 Å². The van der Waals surface area contributed by atoms with Crippen LogP contribution in [-0.2, 0) is 26.2 Å². The van der Waals surface area contributed by atoms with Gasteiger partial charge in [0.2, 0.25) is 12.7 Å². The van der Waals surface area contributed by atoms with Crippen molar-refractivity contribution in [1.29, 1.82) is 10.5 Å². The monoisotopic (exact) mass is 348 g/mol. The van der Waals surface area contributed by atoms with E-state index >= 15 is 0 Å². The molecule has 0 spiro atoms. The highest BCUT2D eigenvalue weighted by molar-refractivity contribution is 5.21. The average molecular weight is 348 g/mol. The van der Waals surface area contributed by atoms with E-state index in [9.17, 15) is 0 Å². The van der Waals surface area contributed by atoms with Crippen molar-refractivity contribution in [3.05, 3.63) is 60.7 Å². The third-order valence-electron chi connectivity index (χ3n) is 3.92. The largest absolute Gasteiger partial charge is 0.265 e. The van der Waals surface area contributed by atoms with Gasteiger partial charge in [0.05, 0.1) is 38.1 Å². The maximum atomic E-state index is 8.62. The second-order valence-electron chi connectivity index (χ2n) is 6.00. The lowest BCUT2D eigenvalue weighted by molar-refractivity contribution is -0.689.